The Morgan fingerprint density at radius 3 is 2.21 bits per heavy atom. The summed E-state index contributed by atoms with van der Waals surface area (Å²) >= 11 is 6.26. The second-order valence-corrected chi connectivity index (χ2v) is 7.86. The number of hydrogen-bond acceptors (Lipinski definition) is 4. The zero-order valence-electron chi connectivity index (χ0n) is 17.4. The number of carbonyl (C=O) groups is 2. The molecule has 0 spiro atoms. The number of carbonyl (C=O) groups excluding carboxylic acids is 2. The van der Waals surface area contributed by atoms with Gasteiger partial charge in [-0.2, -0.15) is 0 Å². The molecule has 0 aliphatic carbocycles. The molecule has 0 bridgehead atoms. The Morgan fingerprint density at radius 2 is 1.61 bits per heavy atom. The summed E-state index contributed by atoms with van der Waals surface area (Å²) in [6.45, 7) is -0.0322. The van der Waals surface area contributed by atoms with Gasteiger partial charge in [-0.15, -0.1) is 0 Å². The van der Waals surface area contributed by atoms with Crippen LogP contribution < -0.4 is 4.74 Å². The van der Waals surface area contributed by atoms with Crippen LogP contribution in [0.3, 0.4) is 0 Å². The van der Waals surface area contributed by atoms with E-state index in [0.29, 0.717) is 16.9 Å². The fraction of sp³-hybridized carbons (Fsp3) is 0.120. The molecule has 1 aliphatic heterocycles. The van der Waals surface area contributed by atoms with Crippen LogP contribution >= 0.6 is 11.6 Å². The number of aliphatic hydroxyl groups excluding tert-OH is 1. The first-order valence-corrected chi connectivity index (χ1v) is 10.3. The molecular weight excluding hydrogens is 452 g/mol. The number of amides is 1. The number of methoxy groups -OCH3 is 1. The minimum absolute atomic E-state index is 0.0322. The summed E-state index contributed by atoms with van der Waals surface area (Å²) in [4.78, 5) is 27.3. The molecule has 3 aromatic rings. The Hall–Kier alpha value is -3.71. The van der Waals surface area contributed by atoms with Gasteiger partial charge in [0.2, 0.25) is 0 Å². The van der Waals surface area contributed by atoms with Gasteiger partial charge in [0.25, 0.3) is 11.7 Å². The van der Waals surface area contributed by atoms with Crippen LogP contribution in [0.4, 0.5) is 8.78 Å². The van der Waals surface area contributed by atoms with E-state index in [1.807, 2.05) is 0 Å². The Balaban J connectivity index is 1.88. The fourth-order valence-corrected chi connectivity index (χ4v) is 3.99. The number of ketones is 1. The van der Waals surface area contributed by atoms with Crippen molar-refractivity contribution in [3.8, 4) is 5.75 Å². The standard InChI is InChI=1S/C25H18ClF2NO4/c1-33-18-10-11-20(26)19(12-18)23(30)21-22(15-4-8-17(28)9-5-15)29(25(32)24(21)31)13-14-2-6-16(27)7-3-14/h2-12,22,30H,13H2,1H3/b23-21+. The molecule has 0 aromatic heterocycles. The summed E-state index contributed by atoms with van der Waals surface area (Å²) in [5.41, 5.74) is 0.912. The van der Waals surface area contributed by atoms with Gasteiger partial charge in [-0.1, -0.05) is 35.9 Å². The van der Waals surface area contributed by atoms with Crippen LogP contribution in [0.2, 0.25) is 5.02 Å². The van der Waals surface area contributed by atoms with E-state index in [0.717, 1.165) is 0 Å². The first-order valence-electron chi connectivity index (χ1n) is 9.92. The molecule has 1 aliphatic rings. The van der Waals surface area contributed by atoms with E-state index in [9.17, 15) is 23.5 Å². The van der Waals surface area contributed by atoms with Crippen LogP contribution in [-0.2, 0) is 16.1 Å². The highest BCUT2D eigenvalue weighted by molar-refractivity contribution is 6.47. The molecule has 0 saturated carbocycles. The maximum absolute atomic E-state index is 13.6. The number of halogens is 3. The van der Waals surface area contributed by atoms with E-state index in [-0.39, 0.29) is 22.7 Å². The number of Topliss-reactive ketones (excluding diaryl/α,β-unsaturated/α-hetero) is 1. The first-order chi connectivity index (χ1) is 15.8. The number of rotatable bonds is 5. The minimum Gasteiger partial charge on any atom is -0.507 e. The molecule has 5 nitrogen and oxygen atoms in total. The quantitative estimate of drug-likeness (QED) is 0.315. The summed E-state index contributed by atoms with van der Waals surface area (Å²) in [6, 6.07) is 14.3. The van der Waals surface area contributed by atoms with Gasteiger partial charge in [-0.05, 0) is 53.6 Å². The van der Waals surface area contributed by atoms with Crippen molar-refractivity contribution in [2.24, 2.45) is 0 Å². The lowest BCUT2D eigenvalue weighted by Crippen LogP contribution is -2.29. The van der Waals surface area contributed by atoms with Crippen molar-refractivity contribution in [1.82, 2.24) is 4.90 Å². The Kier molecular flexibility index (Phi) is 6.16. The third-order valence-corrected chi connectivity index (χ3v) is 5.75. The van der Waals surface area contributed by atoms with Gasteiger partial charge in [0, 0.05) is 12.1 Å². The molecule has 1 saturated heterocycles. The second-order valence-electron chi connectivity index (χ2n) is 7.45. The average molecular weight is 470 g/mol. The number of aliphatic hydroxyl groups is 1. The number of nitrogens with zero attached hydrogens (tertiary/aromatic N) is 1. The summed E-state index contributed by atoms with van der Waals surface area (Å²) < 4.78 is 32.1. The molecule has 1 unspecified atom stereocenters. The minimum atomic E-state index is -1.02. The van der Waals surface area contributed by atoms with Crippen molar-refractivity contribution in [2.45, 2.75) is 12.6 Å². The maximum Gasteiger partial charge on any atom is 0.295 e. The fourth-order valence-electron chi connectivity index (χ4n) is 3.78. The molecular formula is C25H18ClF2NO4. The second kappa shape index (κ2) is 9.03. The molecule has 3 aromatic carbocycles. The molecule has 1 heterocycles. The van der Waals surface area contributed by atoms with Gasteiger partial charge in [-0.3, -0.25) is 9.59 Å². The molecule has 8 heteroatoms. The third-order valence-electron chi connectivity index (χ3n) is 5.42. The van der Waals surface area contributed by atoms with Crippen molar-refractivity contribution in [3.05, 3.63) is 106 Å². The van der Waals surface area contributed by atoms with Crippen LogP contribution in [0.15, 0.2) is 72.3 Å². The van der Waals surface area contributed by atoms with E-state index in [1.165, 1.54) is 72.7 Å². The predicted molar refractivity (Wildman–Crippen MR) is 119 cm³/mol. The van der Waals surface area contributed by atoms with Crippen molar-refractivity contribution < 1.29 is 28.2 Å². The van der Waals surface area contributed by atoms with E-state index in [4.69, 9.17) is 16.3 Å². The van der Waals surface area contributed by atoms with E-state index < -0.39 is 35.1 Å². The summed E-state index contributed by atoms with van der Waals surface area (Å²) in [7, 11) is 1.44. The van der Waals surface area contributed by atoms with Gasteiger partial charge in [0.05, 0.1) is 23.7 Å². The van der Waals surface area contributed by atoms with Crippen LogP contribution in [0.1, 0.15) is 22.7 Å². The lowest BCUT2D eigenvalue weighted by Gasteiger charge is -2.25. The lowest BCUT2D eigenvalue weighted by atomic mass is 9.95. The van der Waals surface area contributed by atoms with Crippen LogP contribution in [0, 0.1) is 11.6 Å². The highest BCUT2D eigenvalue weighted by Gasteiger charge is 2.46. The molecule has 1 atom stereocenters. The summed E-state index contributed by atoms with van der Waals surface area (Å²) in [5.74, 6) is -2.79. The molecule has 33 heavy (non-hydrogen) atoms. The Bertz CT molecular complexity index is 1260. The van der Waals surface area contributed by atoms with E-state index >= 15 is 0 Å². The van der Waals surface area contributed by atoms with E-state index in [1.54, 1.807) is 6.07 Å². The van der Waals surface area contributed by atoms with Crippen molar-refractivity contribution in [2.75, 3.05) is 7.11 Å². The first kappa shape index (κ1) is 22.5. The number of ether oxygens (including phenoxy) is 1. The molecule has 1 N–H and O–H groups in total. The van der Waals surface area contributed by atoms with Gasteiger partial charge >= 0.3 is 0 Å². The Labute approximate surface area is 193 Å². The van der Waals surface area contributed by atoms with Crippen molar-refractivity contribution in [3.63, 3.8) is 0 Å². The average Bonchev–Trinajstić information content (AvgIpc) is 3.06. The van der Waals surface area contributed by atoms with Gasteiger partial charge in [0.15, 0.2) is 0 Å². The van der Waals surface area contributed by atoms with Gasteiger partial charge in [-0.25, -0.2) is 8.78 Å². The highest BCUT2D eigenvalue weighted by atomic mass is 35.5. The number of benzene rings is 3. The lowest BCUT2D eigenvalue weighted by molar-refractivity contribution is -0.140. The largest absolute Gasteiger partial charge is 0.507 e. The predicted octanol–water partition coefficient (Wildman–Crippen LogP) is 5.25. The van der Waals surface area contributed by atoms with Crippen molar-refractivity contribution >= 4 is 29.1 Å². The zero-order chi connectivity index (χ0) is 23.7. The topological polar surface area (TPSA) is 66.8 Å². The highest BCUT2D eigenvalue weighted by Crippen LogP contribution is 2.41. The molecule has 168 valence electrons. The van der Waals surface area contributed by atoms with Crippen LogP contribution in [0.5, 0.6) is 5.75 Å². The molecule has 1 fully saturated rings. The van der Waals surface area contributed by atoms with Crippen LogP contribution in [0.25, 0.3) is 5.76 Å². The van der Waals surface area contributed by atoms with Crippen molar-refractivity contribution in [1.29, 1.82) is 0 Å². The number of likely N-dealkylation sites (tertiary alicyclic amines) is 1. The van der Waals surface area contributed by atoms with E-state index in [2.05, 4.69) is 0 Å². The number of hydrogen-bond donors (Lipinski definition) is 1. The van der Waals surface area contributed by atoms with Gasteiger partial charge in [0.1, 0.15) is 23.1 Å². The third kappa shape index (κ3) is 4.32. The maximum atomic E-state index is 13.6. The normalized spacial score (nSPS) is 17.5. The molecule has 0 radical (unpaired) electrons. The monoisotopic (exact) mass is 469 g/mol. The Morgan fingerprint density at radius 1 is 1.00 bits per heavy atom. The zero-order valence-corrected chi connectivity index (χ0v) is 18.1. The molecule has 4 rings (SSSR count). The molecule has 1 amide bonds. The van der Waals surface area contributed by atoms with Gasteiger partial charge < -0.3 is 14.7 Å². The summed E-state index contributed by atoms with van der Waals surface area (Å²) in [6.07, 6.45) is 0. The van der Waals surface area contributed by atoms with Crippen LogP contribution in [-0.4, -0.2) is 28.8 Å². The SMILES string of the molecule is COc1ccc(Cl)c(/C(O)=C2\C(=O)C(=O)N(Cc3ccc(F)cc3)C2c2ccc(F)cc2)c1. The summed E-state index contributed by atoms with van der Waals surface area (Å²) in [5, 5.41) is 11.3. The smallest absolute Gasteiger partial charge is 0.295 e.